The summed E-state index contributed by atoms with van der Waals surface area (Å²) in [6.45, 7) is 0.680. The molecule has 0 unspecified atom stereocenters. The van der Waals surface area contributed by atoms with Gasteiger partial charge in [0.05, 0.1) is 0 Å². The van der Waals surface area contributed by atoms with E-state index in [0.29, 0.717) is 23.8 Å². The van der Waals surface area contributed by atoms with Gasteiger partial charge in [0, 0.05) is 28.0 Å². The monoisotopic (exact) mass is 382 g/mol. The standard InChI is InChI=1S/C19H15BrN2O2/c20-15-11-13(21)5-6-14(15)17-7-8-18(24-17)19(23)22-10-9-12-3-1-2-4-16(12)22/h1-8,11H,9-10,21H2. The molecule has 0 saturated carbocycles. The third kappa shape index (κ3) is 2.51. The van der Waals surface area contributed by atoms with Gasteiger partial charge in [-0.15, -0.1) is 0 Å². The van der Waals surface area contributed by atoms with Crippen molar-refractivity contribution in [3.8, 4) is 11.3 Å². The van der Waals surface area contributed by atoms with Gasteiger partial charge < -0.3 is 15.1 Å². The van der Waals surface area contributed by atoms with Crippen LogP contribution in [0.3, 0.4) is 0 Å². The van der Waals surface area contributed by atoms with Crippen molar-refractivity contribution < 1.29 is 9.21 Å². The highest BCUT2D eigenvalue weighted by Crippen LogP contribution is 2.33. The Morgan fingerprint density at radius 2 is 1.96 bits per heavy atom. The van der Waals surface area contributed by atoms with Crippen molar-refractivity contribution in [1.29, 1.82) is 0 Å². The number of benzene rings is 2. The number of rotatable bonds is 2. The molecule has 0 aliphatic carbocycles. The zero-order chi connectivity index (χ0) is 16.7. The van der Waals surface area contributed by atoms with E-state index in [1.54, 1.807) is 17.0 Å². The summed E-state index contributed by atoms with van der Waals surface area (Å²) in [4.78, 5) is 14.6. The summed E-state index contributed by atoms with van der Waals surface area (Å²) in [5.41, 5.74) is 9.46. The number of nitrogen functional groups attached to an aromatic ring is 1. The van der Waals surface area contributed by atoms with Crippen molar-refractivity contribution in [2.45, 2.75) is 6.42 Å². The molecule has 1 aliphatic rings. The minimum Gasteiger partial charge on any atom is -0.451 e. The molecule has 0 radical (unpaired) electrons. The number of furan rings is 1. The van der Waals surface area contributed by atoms with Gasteiger partial charge in [-0.3, -0.25) is 4.79 Å². The van der Waals surface area contributed by atoms with E-state index in [1.807, 2.05) is 36.4 Å². The fourth-order valence-electron chi connectivity index (χ4n) is 3.01. The average molecular weight is 383 g/mol. The molecular formula is C19H15BrN2O2. The predicted octanol–water partition coefficient (Wildman–Crippen LogP) is 4.49. The second-order valence-electron chi connectivity index (χ2n) is 5.74. The Kier molecular flexibility index (Phi) is 3.65. The van der Waals surface area contributed by atoms with E-state index >= 15 is 0 Å². The van der Waals surface area contributed by atoms with Crippen LogP contribution < -0.4 is 10.6 Å². The van der Waals surface area contributed by atoms with Crippen LogP contribution in [0.25, 0.3) is 11.3 Å². The highest BCUT2D eigenvalue weighted by molar-refractivity contribution is 9.10. The third-order valence-electron chi connectivity index (χ3n) is 4.21. The second-order valence-corrected chi connectivity index (χ2v) is 6.59. The van der Waals surface area contributed by atoms with E-state index in [4.69, 9.17) is 10.2 Å². The molecule has 0 bridgehead atoms. The van der Waals surface area contributed by atoms with Crippen LogP contribution in [0.1, 0.15) is 16.1 Å². The van der Waals surface area contributed by atoms with Crippen LogP contribution in [0.4, 0.5) is 11.4 Å². The number of para-hydroxylation sites is 1. The minimum atomic E-state index is -0.113. The number of amides is 1. The largest absolute Gasteiger partial charge is 0.451 e. The Labute approximate surface area is 148 Å². The number of hydrogen-bond donors (Lipinski definition) is 1. The van der Waals surface area contributed by atoms with Gasteiger partial charge in [-0.05, 0) is 64.3 Å². The molecule has 24 heavy (non-hydrogen) atoms. The van der Waals surface area contributed by atoms with Gasteiger partial charge in [-0.1, -0.05) is 18.2 Å². The summed E-state index contributed by atoms with van der Waals surface area (Å²) in [6.07, 6.45) is 0.874. The molecule has 0 fully saturated rings. The highest BCUT2D eigenvalue weighted by Gasteiger charge is 2.27. The molecule has 0 saturated heterocycles. The van der Waals surface area contributed by atoms with Crippen molar-refractivity contribution in [2.24, 2.45) is 0 Å². The highest BCUT2D eigenvalue weighted by atomic mass is 79.9. The Balaban J connectivity index is 1.65. The number of carbonyl (C=O) groups excluding carboxylic acids is 1. The topological polar surface area (TPSA) is 59.5 Å². The molecule has 2 N–H and O–H groups in total. The van der Waals surface area contributed by atoms with E-state index in [2.05, 4.69) is 22.0 Å². The summed E-state index contributed by atoms with van der Waals surface area (Å²) < 4.78 is 6.65. The Bertz CT molecular complexity index is 933. The molecular weight excluding hydrogens is 368 g/mol. The first kappa shape index (κ1) is 15.0. The predicted molar refractivity (Wildman–Crippen MR) is 98.1 cm³/mol. The van der Waals surface area contributed by atoms with Crippen molar-refractivity contribution in [3.05, 3.63) is 70.4 Å². The van der Waals surface area contributed by atoms with Crippen LogP contribution in [0, 0.1) is 0 Å². The van der Waals surface area contributed by atoms with Crippen LogP contribution in [0.5, 0.6) is 0 Å². The molecule has 4 rings (SSSR count). The smallest absolute Gasteiger partial charge is 0.294 e. The second kappa shape index (κ2) is 5.83. The maximum atomic E-state index is 12.8. The van der Waals surface area contributed by atoms with Gasteiger partial charge >= 0.3 is 0 Å². The quantitative estimate of drug-likeness (QED) is 0.664. The van der Waals surface area contributed by atoms with Gasteiger partial charge in [0.15, 0.2) is 5.76 Å². The molecule has 1 aromatic heterocycles. The lowest BCUT2D eigenvalue weighted by molar-refractivity contribution is 0.0963. The maximum Gasteiger partial charge on any atom is 0.294 e. The minimum absolute atomic E-state index is 0.113. The van der Waals surface area contributed by atoms with E-state index in [-0.39, 0.29) is 5.91 Å². The first-order valence-corrected chi connectivity index (χ1v) is 8.48. The average Bonchev–Trinajstić information content (AvgIpc) is 3.21. The lowest BCUT2D eigenvalue weighted by atomic mass is 10.1. The summed E-state index contributed by atoms with van der Waals surface area (Å²) in [5.74, 6) is 0.862. The number of hydrogen-bond acceptors (Lipinski definition) is 3. The van der Waals surface area contributed by atoms with Crippen LogP contribution in [0.2, 0.25) is 0 Å². The molecule has 3 aromatic rings. The number of nitrogens with zero attached hydrogens (tertiary/aromatic N) is 1. The lowest BCUT2D eigenvalue weighted by Gasteiger charge is -2.15. The fourth-order valence-corrected chi connectivity index (χ4v) is 3.60. The number of nitrogens with two attached hydrogens (primary N) is 1. The normalized spacial score (nSPS) is 13.1. The van der Waals surface area contributed by atoms with Crippen LogP contribution >= 0.6 is 15.9 Å². The van der Waals surface area contributed by atoms with Crippen LogP contribution in [-0.4, -0.2) is 12.5 Å². The Morgan fingerprint density at radius 3 is 2.79 bits per heavy atom. The molecule has 5 heteroatoms. The summed E-state index contributed by atoms with van der Waals surface area (Å²) in [5, 5.41) is 0. The summed E-state index contributed by atoms with van der Waals surface area (Å²) in [6, 6.07) is 17.0. The van der Waals surface area contributed by atoms with Gasteiger partial charge in [0.1, 0.15) is 5.76 Å². The van der Waals surface area contributed by atoms with Crippen molar-refractivity contribution >= 4 is 33.2 Å². The van der Waals surface area contributed by atoms with E-state index < -0.39 is 0 Å². The maximum absolute atomic E-state index is 12.8. The SMILES string of the molecule is Nc1ccc(-c2ccc(C(=O)N3CCc4ccccc43)o2)c(Br)c1. The Hall–Kier alpha value is -2.53. The molecule has 0 atom stereocenters. The number of carbonyl (C=O) groups is 1. The van der Waals surface area contributed by atoms with Gasteiger partial charge in [0.25, 0.3) is 5.91 Å². The van der Waals surface area contributed by atoms with Crippen molar-refractivity contribution in [2.75, 3.05) is 17.2 Å². The molecule has 1 aliphatic heterocycles. The number of halogens is 1. The fraction of sp³-hybridized carbons (Fsp3) is 0.105. The van der Waals surface area contributed by atoms with Crippen LogP contribution in [-0.2, 0) is 6.42 Å². The third-order valence-corrected chi connectivity index (χ3v) is 4.86. The molecule has 2 heterocycles. The van der Waals surface area contributed by atoms with E-state index in [1.165, 1.54) is 5.56 Å². The molecule has 120 valence electrons. The molecule has 1 amide bonds. The molecule has 2 aromatic carbocycles. The van der Waals surface area contributed by atoms with Crippen LogP contribution in [0.15, 0.2) is 63.5 Å². The number of anilines is 2. The van der Waals surface area contributed by atoms with E-state index in [9.17, 15) is 4.79 Å². The lowest BCUT2D eigenvalue weighted by Crippen LogP contribution is -2.28. The first-order chi connectivity index (χ1) is 11.6. The summed E-state index contributed by atoms with van der Waals surface area (Å²) >= 11 is 3.48. The van der Waals surface area contributed by atoms with Crippen molar-refractivity contribution in [3.63, 3.8) is 0 Å². The van der Waals surface area contributed by atoms with Gasteiger partial charge in [0.2, 0.25) is 0 Å². The Morgan fingerprint density at radius 1 is 1.12 bits per heavy atom. The molecule has 0 spiro atoms. The van der Waals surface area contributed by atoms with Crippen molar-refractivity contribution in [1.82, 2.24) is 0 Å². The van der Waals surface area contributed by atoms with E-state index in [0.717, 1.165) is 22.1 Å². The zero-order valence-corrected chi connectivity index (χ0v) is 14.4. The first-order valence-electron chi connectivity index (χ1n) is 7.68. The number of fused-ring (bicyclic) bond motifs is 1. The molecule has 4 nitrogen and oxygen atoms in total. The zero-order valence-electron chi connectivity index (χ0n) is 12.8. The summed E-state index contributed by atoms with van der Waals surface area (Å²) in [7, 11) is 0. The van der Waals surface area contributed by atoms with Gasteiger partial charge in [-0.2, -0.15) is 0 Å². The van der Waals surface area contributed by atoms with Gasteiger partial charge in [-0.25, -0.2) is 0 Å².